The number of benzene rings is 1. The molecule has 2 heterocycles. The Hall–Kier alpha value is -1.50. The molecular weight excluding hydrogens is 343 g/mol. The van der Waals surface area contributed by atoms with Gasteiger partial charge in [0.25, 0.3) is 5.91 Å². The second-order valence-corrected chi connectivity index (χ2v) is 6.49. The Kier molecular flexibility index (Phi) is 4.66. The molecule has 2 fully saturated rings. The summed E-state index contributed by atoms with van der Waals surface area (Å²) in [6.07, 6.45) is 0.700. The first-order valence-electron chi connectivity index (χ1n) is 7.24. The summed E-state index contributed by atoms with van der Waals surface area (Å²) in [5.74, 6) is 0.236. The van der Waals surface area contributed by atoms with E-state index in [1.807, 2.05) is 0 Å². The Morgan fingerprint density at radius 1 is 1.39 bits per heavy atom. The number of rotatable bonds is 3. The Labute approximate surface area is 143 Å². The molecule has 2 saturated heterocycles. The van der Waals surface area contributed by atoms with Crippen molar-refractivity contribution in [1.29, 1.82) is 0 Å². The van der Waals surface area contributed by atoms with E-state index >= 15 is 0 Å². The number of nitrogens with zero attached hydrogens (tertiary/aromatic N) is 1. The molecule has 23 heavy (non-hydrogen) atoms. The minimum Gasteiger partial charge on any atom is -0.484 e. The van der Waals surface area contributed by atoms with Crippen LogP contribution in [-0.4, -0.2) is 55.2 Å². The highest BCUT2D eigenvalue weighted by Crippen LogP contribution is 2.28. The quantitative estimate of drug-likeness (QED) is 0.888. The van der Waals surface area contributed by atoms with Crippen LogP contribution >= 0.6 is 23.2 Å². The zero-order valence-corrected chi connectivity index (χ0v) is 13.8. The van der Waals surface area contributed by atoms with Crippen molar-refractivity contribution >= 4 is 35.0 Å². The van der Waals surface area contributed by atoms with Crippen molar-refractivity contribution in [2.45, 2.75) is 12.0 Å². The minimum atomic E-state index is -0.465. The molecule has 1 unspecified atom stereocenters. The van der Waals surface area contributed by atoms with Crippen LogP contribution in [0, 0.1) is 0 Å². The third kappa shape index (κ3) is 3.71. The van der Waals surface area contributed by atoms with Crippen molar-refractivity contribution in [3.8, 4) is 5.75 Å². The molecule has 2 amide bonds. The maximum Gasteiger partial charge on any atom is 0.260 e. The summed E-state index contributed by atoms with van der Waals surface area (Å²) < 4.78 is 11.1. The molecule has 1 N–H and O–H groups in total. The van der Waals surface area contributed by atoms with Crippen molar-refractivity contribution in [2.75, 3.05) is 32.8 Å². The lowest BCUT2D eigenvalue weighted by atomic mass is 10.0. The van der Waals surface area contributed by atoms with E-state index in [2.05, 4.69) is 5.32 Å². The predicted octanol–water partition coefficient (Wildman–Crippen LogP) is 1.49. The summed E-state index contributed by atoms with van der Waals surface area (Å²) in [6, 6.07) is 4.85. The Bertz CT molecular complexity index is 628. The number of morpholine rings is 1. The number of ether oxygens (including phenoxy) is 2. The van der Waals surface area contributed by atoms with Crippen LogP contribution in [0.15, 0.2) is 18.2 Å². The number of halogens is 2. The molecule has 1 aromatic rings. The fourth-order valence-corrected chi connectivity index (χ4v) is 2.99. The highest BCUT2D eigenvalue weighted by Gasteiger charge is 2.43. The molecule has 0 aliphatic carbocycles. The summed E-state index contributed by atoms with van der Waals surface area (Å²) in [6.45, 7) is 1.43. The van der Waals surface area contributed by atoms with Crippen LogP contribution < -0.4 is 10.1 Å². The molecular formula is C15H16Cl2N2O4. The van der Waals surface area contributed by atoms with Gasteiger partial charge in [0.15, 0.2) is 6.61 Å². The Morgan fingerprint density at radius 3 is 2.91 bits per heavy atom. The SMILES string of the molecule is O=C1COC2(CCN(C(=O)COc3ccc(Cl)c(Cl)c3)C2)CN1. The summed E-state index contributed by atoms with van der Waals surface area (Å²) >= 11 is 11.7. The molecule has 6 nitrogen and oxygen atoms in total. The second-order valence-electron chi connectivity index (χ2n) is 5.68. The molecule has 0 bridgehead atoms. The van der Waals surface area contributed by atoms with Gasteiger partial charge >= 0.3 is 0 Å². The Morgan fingerprint density at radius 2 is 2.22 bits per heavy atom. The first-order chi connectivity index (χ1) is 11.0. The normalized spacial score (nSPS) is 23.9. The highest BCUT2D eigenvalue weighted by atomic mass is 35.5. The van der Waals surface area contributed by atoms with Crippen LogP contribution in [0.5, 0.6) is 5.75 Å². The van der Waals surface area contributed by atoms with E-state index in [9.17, 15) is 9.59 Å². The van der Waals surface area contributed by atoms with E-state index in [-0.39, 0.29) is 25.0 Å². The molecule has 3 rings (SSSR count). The van der Waals surface area contributed by atoms with Gasteiger partial charge in [-0.25, -0.2) is 0 Å². The van der Waals surface area contributed by atoms with E-state index in [0.717, 1.165) is 0 Å². The number of nitrogens with one attached hydrogen (secondary N) is 1. The highest BCUT2D eigenvalue weighted by molar-refractivity contribution is 6.42. The smallest absolute Gasteiger partial charge is 0.260 e. The van der Waals surface area contributed by atoms with Gasteiger partial charge in [0.1, 0.15) is 18.0 Å². The van der Waals surface area contributed by atoms with Gasteiger partial charge in [-0.15, -0.1) is 0 Å². The van der Waals surface area contributed by atoms with Gasteiger partial charge in [0.2, 0.25) is 5.91 Å². The molecule has 2 aliphatic rings. The number of amides is 2. The number of carbonyl (C=O) groups is 2. The standard InChI is InChI=1S/C15H16Cl2N2O4/c16-11-2-1-10(5-12(11)17)22-7-14(21)19-4-3-15(9-19)8-18-13(20)6-23-15/h1-2,5H,3-4,6-9H2,(H,18,20). The van der Waals surface area contributed by atoms with Crippen LogP contribution in [0.25, 0.3) is 0 Å². The Balaban J connectivity index is 1.53. The minimum absolute atomic E-state index is 0.0435. The average Bonchev–Trinajstić information content (AvgIpc) is 2.96. The van der Waals surface area contributed by atoms with Crippen molar-refractivity contribution in [1.82, 2.24) is 10.2 Å². The second kappa shape index (κ2) is 6.55. The lowest BCUT2D eigenvalue weighted by Gasteiger charge is -2.33. The molecule has 0 saturated carbocycles. The maximum absolute atomic E-state index is 12.3. The fourth-order valence-electron chi connectivity index (χ4n) is 2.70. The van der Waals surface area contributed by atoms with Crippen molar-refractivity contribution in [2.24, 2.45) is 0 Å². The molecule has 124 valence electrons. The summed E-state index contributed by atoms with van der Waals surface area (Å²) in [7, 11) is 0. The van der Waals surface area contributed by atoms with Crippen LogP contribution in [0.4, 0.5) is 0 Å². The van der Waals surface area contributed by atoms with Crippen LogP contribution in [0.1, 0.15) is 6.42 Å². The van der Waals surface area contributed by atoms with Gasteiger partial charge in [-0.3, -0.25) is 9.59 Å². The van der Waals surface area contributed by atoms with E-state index < -0.39 is 5.60 Å². The summed E-state index contributed by atoms with van der Waals surface area (Å²) in [4.78, 5) is 25.1. The third-order valence-electron chi connectivity index (χ3n) is 4.04. The van der Waals surface area contributed by atoms with Crippen LogP contribution in [-0.2, 0) is 14.3 Å². The molecule has 0 aromatic heterocycles. The number of likely N-dealkylation sites (tertiary alicyclic amines) is 1. The first-order valence-corrected chi connectivity index (χ1v) is 7.99. The first kappa shape index (κ1) is 16.4. The van der Waals surface area contributed by atoms with Gasteiger partial charge in [0.05, 0.1) is 16.6 Å². The largest absolute Gasteiger partial charge is 0.484 e. The average molecular weight is 359 g/mol. The summed E-state index contributed by atoms with van der Waals surface area (Å²) in [5.41, 5.74) is -0.465. The molecule has 8 heteroatoms. The lowest BCUT2D eigenvalue weighted by molar-refractivity contribution is -0.143. The zero-order valence-electron chi connectivity index (χ0n) is 12.3. The molecule has 0 radical (unpaired) electrons. The van der Waals surface area contributed by atoms with Gasteiger partial charge in [-0.1, -0.05) is 23.2 Å². The fraction of sp³-hybridized carbons (Fsp3) is 0.467. The van der Waals surface area contributed by atoms with Gasteiger partial charge in [-0.05, 0) is 18.6 Å². The van der Waals surface area contributed by atoms with E-state index in [1.54, 1.807) is 23.1 Å². The van der Waals surface area contributed by atoms with E-state index in [4.69, 9.17) is 32.7 Å². The number of hydrogen-bond acceptors (Lipinski definition) is 4. The maximum atomic E-state index is 12.3. The van der Waals surface area contributed by atoms with E-state index in [0.29, 0.717) is 41.8 Å². The van der Waals surface area contributed by atoms with Crippen molar-refractivity contribution in [3.05, 3.63) is 28.2 Å². The van der Waals surface area contributed by atoms with Crippen molar-refractivity contribution < 1.29 is 19.1 Å². The molecule has 2 aliphatic heterocycles. The molecule has 1 aromatic carbocycles. The number of hydrogen-bond donors (Lipinski definition) is 1. The molecule has 1 spiro atoms. The molecule has 1 atom stereocenters. The van der Waals surface area contributed by atoms with Gasteiger partial charge in [-0.2, -0.15) is 0 Å². The van der Waals surface area contributed by atoms with Crippen LogP contribution in [0.2, 0.25) is 10.0 Å². The van der Waals surface area contributed by atoms with Crippen molar-refractivity contribution in [3.63, 3.8) is 0 Å². The number of carbonyl (C=O) groups excluding carboxylic acids is 2. The zero-order chi connectivity index (χ0) is 16.4. The van der Waals surface area contributed by atoms with E-state index in [1.165, 1.54) is 0 Å². The summed E-state index contributed by atoms with van der Waals surface area (Å²) in [5, 5.41) is 3.59. The third-order valence-corrected chi connectivity index (χ3v) is 4.78. The van der Waals surface area contributed by atoms with Gasteiger partial charge in [0, 0.05) is 19.2 Å². The van der Waals surface area contributed by atoms with Gasteiger partial charge < -0.3 is 19.7 Å². The topological polar surface area (TPSA) is 67.9 Å². The predicted molar refractivity (Wildman–Crippen MR) is 84.8 cm³/mol. The monoisotopic (exact) mass is 358 g/mol. The van der Waals surface area contributed by atoms with Crippen LogP contribution in [0.3, 0.4) is 0 Å². The lowest BCUT2D eigenvalue weighted by Crippen LogP contribution is -2.54.